The number of rotatable bonds is 2. The van der Waals surface area contributed by atoms with Crippen molar-refractivity contribution in [2.75, 3.05) is 16.8 Å². The van der Waals surface area contributed by atoms with Gasteiger partial charge in [0.05, 0.1) is 17.1 Å². The lowest BCUT2D eigenvalue weighted by molar-refractivity contribution is 0.670. The number of para-hydroxylation sites is 2. The molecule has 0 saturated heterocycles. The Morgan fingerprint density at radius 2 is 1.82 bits per heavy atom. The first kappa shape index (κ1) is 13.0. The Kier molecular flexibility index (Phi) is 2.92. The minimum atomic E-state index is -0.0327. The Bertz CT molecular complexity index is 766. The fraction of sp³-hybridized carbons (Fsp3) is 0.235. The van der Waals surface area contributed by atoms with E-state index < -0.39 is 0 Å². The van der Waals surface area contributed by atoms with Gasteiger partial charge in [-0.2, -0.15) is 5.11 Å². The molecule has 0 bridgehead atoms. The van der Waals surface area contributed by atoms with E-state index >= 15 is 0 Å². The second kappa shape index (κ2) is 4.94. The van der Waals surface area contributed by atoms with Gasteiger partial charge in [0.25, 0.3) is 0 Å². The zero-order chi connectivity index (χ0) is 15.1. The summed E-state index contributed by atoms with van der Waals surface area (Å²) >= 11 is 0. The maximum Gasteiger partial charge on any atom is 0.176 e. The zero-order valence-corrected chi connectivity index (χ0v) is 12.6. The molecule has 4 rings (SSSR count). The maximum absolute atomic E-state index is 4.49. The Morgan fingerprint density at radius 3 is 2.59 bits per heavy atom. The molecule has 22 heavy (non-hydrogen) atoms. The normalized spacial score (nSPS) is 19.5. The minimum Gasteiger partial charge on any atom is -0.343 e. The van der Waals surface area contributed by atoms with E-state index in [1.807, 2.05) is 24.4 Å². The van der Waals surface area contributed by atoms with Crippen molar-refractivity contribution in [2.24, 2.45) is 10.2 Å². The summed E-state index contributed by atoms with van der Waals surface area (Å²) in [6, 6.07) is 14.3. The summed E-state index contributed by atoms with van der Waals surface area (Å²) in [5.41, 5.74) is 4.48. The molecule has 5 nitrogen and oxygen atoms in total. The van der Waals surface area contributed by atoms with E-state index in [-0.39, 0.29) is 6.17 Å². The third-order valence-corrected chi connectivity index (χ3v) is 4.26. The van der Waals surface area contributed by atoms with Crippen molar-refractivity contribution < 1.29 is 0 Å². The summed E-state index contributed by atoms with van der Waals surface area (Å²) in [6.45, 7) is 2.08. The Hall–Kier alpha value is -2.69. The molecular weight excluding hydrogens is 274 g/mol. The van der Waals surface area contributed by atoms with E-state index in [0.29, 0.717) is 0 Å². The van der Waals surface area contributed by atoms with Crippen LogP contribution in [0.3, 0.4) is 0 Å². The molecule has 0 amide bonds. The van der Waals surface area contributed by atoms with Crippen LogP contribution in [-0.2, 0) is 6.42 Å². The Morgan fingerprint density at radius 1 is 1.05 bits per heavy atom. The van der Waals surface area contributed by atoms with Gasteiger partial charge in [0.2, 0.25) is 0 Å². The number of allylic oxidation sites excluding steroid dienone is 1. The van der Waals surface area contributed by atoms with Gasteiger partial charge in [-0.05, 0) is 31.2 Å². The maximum atomic E-state index is 4.49. The highest BCUT2D eigenvalue weighted by molar-refractivity contribution is 5.79. The van der Waals surface area contributed by atoms with Crippen LogP contribution in [-0.4, -0.2) is 18.2 Å². The van der Waals surface area contributed by atoms with Gasteiger partial charge in [0, 0.05) is 25.4 Å². The summed E-state index contributed by atoms with van der Waals surface area (Å²) in [5.74, 6) is 0.933. The van der Waals surface area contributed by atoms with Crippen LogP contribution < -0.4 is 9.80 Å². The van der Waals surface area contributed by atoms with Gasteiger partial charge in [-0.1, -0.05) is 18.2 Å². The highest BCUT2D eigenvalue weighted by atomic mass is 15.5. The average Bonchev–Trinajstić information content (AvgIpc) is 2.97. The monoisotopic (exact) mass is 291 g/mol. The second-order valence-electron chi connectivity index (χ2n) is 5.55. The van der Waals surface area contributed by atoms with Crippen LogP contribution in [0.25, 0.3) is 0 Å². The predicted octanol–water partition coefficient (Wildman–Crippen LogP) is 3.56. The second-order valence-corrected chi connectivity index (χ2v) is 5.55. The minimum absolute atomic E-state index is 0.0327. The lowest BCUT2D eigenvalue weighted by atomic mass is 10.1. The van der Waals surface area contributed by atoms with Crippen molar-refractivity contribution in [2.45, 2.75) is 19.5 Å². The number of nitrogens with zero attached hydrogens (tertiary/aromatic N) is 5. The highest BCUT2D eigenvalue weighted by Gasteiger charge is 2.35. The van der Waals surface area contributed by atoms with E-state index in [2.05, 4.69) is 63.2 Å². The number of azo groups is 1. The molecule has 2 aliphatic heterocycles. The van der Waals surface area contributed by atoms with Crippen LogP contribution in [0.5, 0.6) is 0 Å². The Balaban J connectivity index is 1.75. The summed E-state index contributed by atoms with van der Waals surface area (Å²) < 4.78 is 0. The number of benzene rings is 1. The van der Waals surface area contributed by atoms with Crippen LogP contribution in [0.15, 0.2) is 70.4 Å². The highest BCUT2D eigenvalue weighted by Crippen LogP contribution is 2.43. The number of pyridine rings is 1. The fourth-order valence-electron chi connectivity index (χ4n) is 3.00. The quantitative estimate of drug-likeness (QED) is 0.849. The van der Waals surface area contributed by atoms with Crippen molar-refractivity contribution >= 4 is 11.4 Å². The molecule has 1 atom stereocenters. The fourth-order valence-corrected chi connectivity index (χ4v) is 3.00. The standard InChI is InChI=1S/C17H17N5/c1-12-17-20-19-16(11-13-7-5-6-10-18-13)22(17)15-9-4-3-8-14(15)21(12)2/h3-10,16H,11H2,1-2H3. The molecule has 0 aliphatic carbocycles. The SMILES string of the molecule is CC1=C2N=NC(Cc3ccccn3)N2c2ccccc2N1C. The van der Waals surface area contributed by atoms with Crippen molar-refractivity contribution in [3.8, 4) is 0 Å². The number of hydrogen-bond acceptors (Lipinski definition) is 5. The van der Waals surface area contributed by atoms with E-state index in [9.17, 15) is 0 Å². The summed E-state index contributed by atoms with van der Waals surface area (Å²) in [5, 5.41) is 8.91. The van der Waals surface area contributed by atoms with E-state index in [4.69, 9.17) is 0 Å². The van der Waals surface area contributed by atoms with E-state index in [0.717, 1.165) is 29.3 Å². The molecule has 1 aromatic heterocycles. The van der Waals surface area contributed by atoms with Gasteiger partial charge in [-0.25, -0.2) is 0 Å². The van der Waals surface area contributed by atoms with Crippen molar-refractivity contribution in [3.63, 3.8) is 0 Å². The molecule has 0 N–H and O–H groups in total. The topological polar surface area (TPSA) is 44.1 Å². The van der Waals surface area contributed by atoms with Crippen LogP contribution in [0, 0.1) is 0 Å². The lowest BCUT2D eigenvalue weighted by Crippen LogP contribution is -2.37. The van der Waals surface area contributed by atoms with Crippen molar-refractivity contribution in [3.05, 3.63) is 65.9 Å². The lowest BCUT2D eigenvalue weighted by Gasteiger charge is -2.36. The molecular formula is C17H17N5. The summed E-state index contributed by atoms with van der Waals surface area (Å²) in [4.78, 5) is 8.81. The van der Waals surface area contributed by atoms with Gasteiger partial charge in [-0.3, -0.25) is 9.88 Å². The number of anilines is 2. The first-order valence-corrected chi connectivity index (χ1v) is 7.39. The molecule has 2 aliphatic rings. The molecule has 2 aromatic rings. The van der Waals surface area contributed by atoms with Gasteiger partial charge >= 0.3 is 0 Å². The summed E-state index contributed by atoms with van der Waals surface area (Å²) in [7, 11) is 2.07. The summed E-state index contributed by atoms with van der Waals surface area (Å²) in [6.07, 6.45) is 2.54. The molecule has 3 heterocycles. The van der Waals surface area contributed by atoms with Gasteiger partial charge < -0.3 is 4.90 Å². The van der Waals surface area contributed by atoms with Gasteiger partial charge in [-0.15, -0.1) is 5.11 Å². The molecule has 0 saturated carbocycles. The van der Waals surface area contributed by atoms with Crippen LogP contribution in [0.2, 0.25) is 0 Å². The third-order valence-electron chi connectivity index (χ3n) is 4.26. The first-order chi connectivity index (χ1) is 10.8. The average molecular weight is 291 g/mol. The molecule has 110 valence electrons. The molecule has 5 heteroatoms. The number of aromatic nitrogens is 1. The number of hydrogen-bond donors (Lipinski definition) is 0. The van der Waals surface area contributed by atoms with Crippen molar-refractivity contribution in [1.82, 2.24) is 4.98 Å². The van der Waals surface area contributed by atoms with E-state index in [1.165, 1.54) is 5.69 Å². The largest absolute Gasteiger partial charge is 0.343 e. The third kappa shape index (κ3) is 1.89. The first-order valence-electron chi connectivity index (χ1n) is 7.39. The molecule has 1 unspecified atom stereocenters. The van der Waals surface area contributed by atoms with Crippen LogP contribution in [0.4, 0.5) is 11.4 Å². The molecule has 0 radical (unpaired) electrons. The molecule has 0 spiro atoms. The molecule has 1 aromatic carbocycles. The van der Waals surface area contributed by atoms with Crippen LogP contribution >= 0.6 is 0 Å². The van der Waals surface area contributed by atoms with E-state index in [1.54, 1.807) is 0 Å². The van der Waals surface area contributed by atoms with Crippen LogP contribution in [0.1, 0.15) is 12.6 Å². The van der Waals surface area contributed by atoms with Gasteiger partial charge in [0.1, 0.15) is 0 Å². The predicted molar refractivity (Wildman–Crippen MR) is 86.6 cm³/mol. The smallest absolute Gasteiger partial charge is 0.176 e. The Labute approximate surface area is 129 Å². The number of fused-ring (bicyclic) bond motifs is 3. The van der Waals surface area contributed by atoms with Gasteiger partial charge in [0.15, 0.2) is 12.0 Å². The zero-order valence-electron chi connectivity index (χ0n) is 12.6. The van der Waals surface area contributed by atoms with Crippen molar-refractivity contribution in [1.29, 1.82) is 0 Å². The molecule has 0 fully saturated rings.